The minimum Gasteiger partial charge on any atom is -0.395 e. The second-order valence-corrected chi connectivity index (χ2v) is 4.65. The molecule has 0 aliphatic carbocycles. The first kappa shape index (κ1) is 10.2. The third-order valence-corrected chi connectivity index (χ3v) is 3.67. The van der Waals surface area contributed by atoms with Crippen molar-refractivity contribution >= 4 is 33.1 Å². The van der Waals surface area contributed by atoms with Gasteiger partial charge in [0.25, 0.3) is 0 Å². The molecule has 0 aliphatic rings. The molecule has 0 amide bonds. The fourth-order valence-electron chi connectivity index (χ4n) is 1.75. The van der Waals surface area contributed by atoms with E-state index in [2.05, 4.69) is 18.4 Å². The summed E-state index contributed by atoms with van der Waals surface area (Å²) in [5, 5.41) is 1.07. The van der Waals surface area contributed by atoms with Crippen LogP contribution in [-0.2, 0) is 6.42 Å². The van der Waals surface area contributed by atoms with Crippen LogP contribution in [0, 0.1) is 0 Å². The third-order valence-electron chi connectivity index (χ3n) is 2.49. The summed E-state index contributed by atoms with van der Waals surface area (Å²) >= 11 is 1.75. The van der Waals surface area contributed by atoms with Crippen molar-refractivity contribution in [1.29, 1.82) is 0 Å². The molecular formula is C10H16N4S. The van der Waals surface area contributed by atoms with Crippen LogP contribution in [0.4, 0.5) is 11.5 Å². The predicted molar refractivity (Wildman–Crippen MR) is 67.9 cm³/mol. The van der Waals surface area contributed by atoms with Gasteiger partial charge in [-0.15, -0.1) is 11.3 Å². The van der Waals surface area contributed by atoms with Gasteiger partial charge in [0.2, 0.25) is 0 Å². The van der Waals surface area contributed by atoms with Gasteiger partial charge in [0.15, 0.2) is 0 Å². The molecule has 0 atom stereocenters. The zero-order valence-electron chi connectivity index (χ0n) is 9.00. The fourth-order valence-corrected chi connectivity index (χ4v) is 3.04. The fraction of sp³-hybridized carbons (Fsp3) is 0.400. The largest absolute Gasteiger partial charge is 0.395 e. The molecule has 0 aliphatic heterocycles. The van der Waals surface area contributed by atoms with E-state index in [4.69, 9.17) is 11.5 Å². The minimum absolute atomic E-state index is 0.599. The number of aromatic nitrogens is 1. The first-order valence-corrected chi connectivity index (χ1v) is 5.86. The second kappa shape index (κ2) is 3.66. The van der Waals surface area contributed by atoms with Crippen molar-refractivity contribution in [1.82, 2.24) is 4.68 Å². The average molecular weight is 224 g/mol. The van der Waals surface area contributed by atoms with Gasteiger partial charge in [-0.3, -0.25) is 0 Å². The molecule has 2 aromatic heterocycles. The molecule has 5 N–H and O–H groups in total. The first-order valence-electron chi connectivity index (χ1n) is 5.04. The lowest BCUT2D eigenvalue weighted by molar-refractivity contribution is 0.940. The first-order chi connectivity index (χ1) is 7.19. The van der Waals surface area contributed by atoms with Gasteiger partial charge in [-0.1, -0.05) is 13.3 Å². The quantitative estimate of drug-likeness (QED) is 0.747. The molecule has 4 nitrogen and oxygen atoms in total. The number of nitrogens with zero attached hydrogens (tertiary/aromatic N) is 1. The Balaban J connectivity index is 2.61. The Morgan fingerprint density at radius 2 is 2.20 bits per heavy atom. The maximum atomic E-state index is 5.94. The molecule has 0 unspecified atom stereocenters. The molecule has 82 valence electrons. The maximum absolute atomic E-state index is 5.94. The number of hydrogen-bond acceptors (Lipinski definition) is 4. The topological polar surface area (TPSA) is 69.0 Å². The highest BCUT2D eigenvalue weighted by Crippen LogP contribution is 2.36. The van der Waals surface area contributed by atoms with Gasteiger partial charge in [0, 0.05) is 17.3 Å². The minimum atomic E-state index is 0.599. The summed E-state index contributed by atoms with van der Waals surface area (Å²) < 4.78 is 1.84. The molecule has 0 aromatic carbocycles. The van der Waals surface area contributed by atoms with Gasteiger partial charge in [-0.2, -0.15) is 0 Å². The van der Waals surface area contributed by atoms with Crippen molar-refractivity contribution in [2.24, 2.45) is 0 Å². The second-order valence-electron chi connectivity index (χ2n) is 3.54. The van der Waals surface area contributed by atoms with Crippen LogP contribution in [0.15, 0.2) is 6.07 Å². The van der Waals surface area contributed by atoms with E-state index in [1.165, 1.54) is 4.88 Å². The lowest BCUT2D eigenvalue weighted by Crippen LogP contribution is -2.11. The number of thiophene rings is 1. The SMILES string of the molecule is CCCc1cc2c(N)c(N)n(NC)c2s1. The van der Waals surface area contributed by atoms with Gasteiger partial charge in [-0.25, -0.2) is 4.68 Å². The van der Waals surface area contributed by atoms with Crippen molar-refractivity contribution in [2.75, 3.05) is 23.9 Å². The zero-order valence-corrected chi connectivity index (χ0v) is 9.82. The monoisotopic (exact) mass is 224 g/mol. The van der Waals surface area contributed by atoms with E-state index >= 15 is 0 Å². The normalized spacial score (nSPS) is 11.1. The molecule has 2 heterocycles. The highest BCUT2D eigenvalue weighted by molar-refractivity contribution is 7.18. The van der Waals surface area contributed by atoms with Crippen LogP contribution >= 0.6 is 11.3 Å². The van der Waals surface area contributed by atoms with Gasteiger partial charge in [0.1, 0.15) is 10.6 Å². The molecule has 2 aromatic rings. The molecule has 2 rings (SSSR count). The van der Waals surface area contributed by atoms with E-state index < -0.39 is 0 Å². The summed E-state index contributed by atoms with van der Waals surface area (Å²) in [5.41, 5.74) is 15.5. The molecule has 0 bridgehead atoms. The Labute approximate surface area is 92.8 Å². The number of nitrogens with two attached hydrogens (primary N) is 2. The van der Waals surface area contributed by atoms with E-state index in [1.54, 1.807) is 11.3 Å². The summed E-state index contributed by atoms with van der Waals surface area (Å²) in [6, 6.07) is 2.14. The van der Waals surface area contributed by atoms with Crippen LogP contribution in [0.3, 0.4) is 0 Å². The maximum Gasteiger partial charge on any atom is 0.147 e. The molecule has 0 saturated carbocycles. The van der Waals surface area contributed by atoms with Crippen molar-refractivity contribution in [3.05, 3.63) is 10.9 Å². The van der Waals surface area contributed by atoms with E-state index in [0.29, 0.717) is 11.5 Å². The average Bonchev–Trinajstić information content (AvgIpc) is 2.70. The van der Waals surface area contributed by atoms with Crippen LogP contribution in [-0.4, -0.2) is 11.7 Å². The van der Waals surface area contributed by atoms with E-state index in [9.17, 15) is 0 Å². The number of nitrogen functional groups attached to an aromatic ring is 2. The summed E-state index contributed by atoms with van der Waals surface area (Å²) in [6.07, 6.45) is 2.25. The van der Waals surface area contributed by atoms with Crippen LogP contribution in [0.25, 0.3) is 10.2 Å². The van der Waals surface area contributed by atoms with E-state index in [-0.39, 0.29) is 0 Å². The van der Waals surface area contributed by atoms with Gasteiger partial charge >= 0.3 is 0 Å². The van der Waals surface area contributed by atoms with Gasteiger partial charge < -0.3 is 16.9 Å². The summed E-state index contributed by atoms with van der Waals surface area (Å²) in [7, 11) is 1.84. The molecule has 0 fully saturated rings. The van der Waals surface area contributed by atoms with Crippen molar-refractivity contribution in [3.63, 3.8) is 0 Å². The van der Waals surface area contributed by atoms with Crippen molar-refractivity contribution in [2.45, 2.75) is 19.8 Å². The molecule has 15 heavy (non-hydrogen) atoms. The summed E-state index contributed by atoms with van der Waals surface area (Å²) in [5.74, 6) is 0.599. The number of hydrogen-bond donors (Lipinski definition) is 3. The number of nitrogens with one attached hydrogen (secondary N) is 1. The summed E-state index contributed by atoms with van der Waals surface area (Å²) in [4.78, 5) is 2.47. The lowest BCUT2D eigenvalue weighted by atomic mass is 10.2. The third kappa shape index (κ3) is 1.43. The van der Waals surface area contributed by atoms with Crippen molar-refractivity contribution in [3.8, 4) is 0 Å². The number of fused-ring (bicyclic) bond motifs is 1. The van der Waals surface area contributed by atoms with Gasteiger partial charge in [0.05, 0.1) is 5.69 Å². The number of rotatable bonds is 3. The van der Waals surface area contributed by atoms with Gasteiger partial charge in [-0.05, 0) is 12.5 Å². The molecule has 0 saturated heterocycles. The Hall–Kier alpha value is -1.36. The van der Waals surface area contributed by atoms with Crippen LogP contribution in [0.5, 0.6) is 0 Å². The molecule has 0 spiro atoms. The predicted octanol–water partition coefficient (Wildman–Crippen LogP) is 1.99. The Morgan fingerprint density at radius 3 is 2.80 bits per heavy atom. The zero-order chi connectivity index (χ0) is 11.0. The Kier molecular flexibility index (Phi) is 2.48. The van der Waals surface area contributed by atoms with Crippen LogP contribution in [0.1, 0.15) is 18.2 Å². The lowest BCUT2D eigenvalue weighted by Gasteiger charge is -2.04. The van der Waals surface area contributed by atoms with E-state index in [1.807, 2.05) is 11.7 Å². The summed E-state index contributed by atoms with van der Waals surface area (Å²) in [6.45, 7) is 2.17. The smallest absolute Gasteiger partial charge is 0.147 e. The number of aryl methyl sites for hydroxylation is 1. The molecule has 5 heteroatoms. The van der Waals surface area contributed by atoms with Crippen molar-refractivity contribution < 1.29 is 0 Å². The Bertz CT molecular complexity index is 483. The van der Waals surface area contributed by atoms with Crippen LogP contribution in [0.2, 0.25) is 0 Å². The molecule has 0 radical (unpaired) electrons. The Morgan fingerprint density at radius 1 is 1.47 bits per heavy atom. The van der Waals surface area contributed by atoms with E-state index in [0.717, 1.165) is 23.1 Å². The molecular weight excluding hydrogens is 208 g/mol. The highest BCUT2D eigenvalue weighted by Gasteiger charge is 2.14. The number of anilines is 2. The van der Waals surface area contributed by atoms with Crippen LogP contribution < -0.4 is 16.9 Å². The highest BCUT2D eigenvalue weighted by atomic mass is 32.1. The standard InChI is InChI=1S/C10H16N4S/c1-3-4-6-5-7-8(11)9(12)14(13-2)10(7)15-6/h5,13H,3-4,11-12H2,1-2H3.